The number of nitrogens with zero attached hydrogens (tertiary/aromatic N) is 1. The summed E-state index contributed by atoms with van der Waals surface area (Å²) in [6, 6.07) is 4.38. The number of hydrogen-bond acceptors (Lipinski definition) is 14. The Labute approximate surface area is 455 Å². The van der Waals surface area contributed by atoms with Crippen LogP contribution in [0.1, 0.15) is 103 Å². The highest BCUT2D eigenvalue weighted by atomic mass is 32.2. The molecule has 77 heavy (non-hydrogen) atoms. The zero-order chi connectivity index (χ0) is 57.6. The summed E-state index contributed by atoms with van der Waals surface area (Å²) in [5.41, 5.74) is 29.6. The zero-order valence-corrected chi connectivity index (χ0v) is 45.7. The number of benzene rings is 2. The monoisotopic (exact) mass is 1100 g/mol. The average molecular weight is 1100 g/mol. The summed E-state index contributed by atoms with van der Waals surface area (Å²) in [4.78, 5) is 127. The molecule has 0 saturated heterocycles. The van der Waals surface area contributed by atoms with E-state index in [1.165, 1.54) is 36.0 Å². The van der Waals surface area contributed by atoms with Gasteiger partial charge in [0.15, 0.2) is 5.96 Å². The maximum atomic E-state index is 14.4. The first-order valence-electron chi connectivity index (χ1n) is 25.9. The summed E-state index contributed by atoms with van der Waals surface area (Å²) in [5.74, 6) is -7.61. The van der Waals surface area contributed by atoms with Crippen LogP contribution >= 0.6 is 11.8 Å². The first-order valence-corrected chi connectivity index (χ1v) is 27.3. The Morgan fingerprint density at radius 2 is 0.974 bits per heavy atom. The second-order valence-corrected chi connectivity index (χ2v) is 20.7. The van der Waals surface area contributed by atoms with Crippen LogP contribution in [0.4, 0.5) is 0 Å². The molecule has 0 aliphatic heterocycles. The standard InChI is InChI=1S/C52H83N13O11S/c1-30(2)26-39(48(72)60-36(14-9-10-23-53)46(70)65-42(51(75)76)29-33-16-18-34(66)19-17-33)64-49(73)40(27-31(3)4)63-45(69)37(15-11-24-58-52(56)57)59-47(71)38(20-21-43(55)67)61-50(74)41(28-32-12-7-6-8-13-32)62-44(68)35(54)22-25-77-5/h6-8,12-13,16-19,30-31,35-42,66H,9-11,14-15,20-29,53-54H2,1-5H3,(H2,55,67)(H,59,71)(H,60,72)(H,61,74)(H,62,68)(H,63,69)(H,64,73)(H,65,70)(H,75,76)(H4,56,57,58)/t35-,36-,37-,38-,39-,40-,41-,42-/m0/s1. The molecule has 0 aliphatic rings. The summed E-state index contributed by atoms with van der Waals surface area (Å²) in [6.07, 6.45) is 2.54. The Morgan fingerprint density at radius 1 is 0.545 bits per heavy atom. The van der Waals surface area contributed by atoms with E-state index in [-0.39, 0.29) is 94.4 Å². The Bertz CT molecular complexity index is 2250. The normalized spacial score (nSPS) is 14.2. The van der Waals surface area contributed by atoms with Crippen molar-refractivity contribution in [1.82, 2.24) is 37.2 Å². The first-order chi connectivity index (χ1) is 36.4. The quantitative estimate of drug-likeness (QED) is 0.0225. The van der Waals surface area contributed by atoms with Crippen molar-refractivity contribution in [1.29, 1.82) is 0 Å². The number of aromatic hydroxyl groups is 1. The van der Waals surface area contributed by atoms with Crippen molar-refractivity contribution in [3.05, 3.63) is 65.7 Å². The number of primary amides is 1. The summed E-state index contributed by atoms with van der Waals surface area (Å²) >= 11 is 1.49. The van der Waals surface area contributed by atoms with E-state index in [0.717, 1.165) is 0 Å². The van der Waals surface area contributed by atoms with E-state index < -0.39 is 102 Å². The maximum absolute atomic E-state index is 14.4. The molecule has 8 amide bonds. The van der Waals surface area contributed by atoms with Gasteiger partial charge in [0.1, 0.15) is 48.0 Å². The van der Waals surface area contributed by atoms with Gasteiger partial charge in [0, 0.05) is 25.8 Å². The van der Waals surface area contributed by atoms with Crippen molar-refractivity contribution in [2.24, 2.45) is 45.5 Å². The molecular formula is C52H83N13O11S. The number of carbonyl (C=O) groups excluding carboxylic acids is 8. The Balaban J connectivity index is 2.46. The van der Waals surface area contributed by atoms with Crippen LogP contribution in [-0.4, -0.2) is 143 Å². The predicted molar refractivity (Wildman–Crippen MR) is 294 cm³/mol. The number of guanidine groups is 1. The first kappa shape index (κ1) is 66.1. The molecule has 428 valence electrons. The highest BCUT2D eigenvalue weighted by molar-refractivity contribution is 7.98. The molecule has 19 N–H and O–H groups in total. The lowest BCUT2D eigenvalue weighted by Crippen LogP contribution is -2.60. The Morgan fingerprint density at radius 3 is 1.44 bits per heavy atom. The highest BCUT2D eigenvalue weighted by Crippen LogP contribution is 2.15. The largest absolute Gasteiger partial charge is 0.508 e. The fourth-order valence-electron chi connectivity index (χ4n) is 7.91. The molecule has 2 rings (SSSR count). The number of unbranched alkanes of at least 4 members (excludes halogenated alkanes) is 1. The van der Waals surface area contributed by atoms with Gasteiger partial charge in [-0.1, -0.05) is 70.2 Å². The third-order valence-electron chi connectivity index (χ3n) is 12.0. The number of phenolic OH excluding ortho intramolecular Hbond substituents is 1. The second-order valence-electron chi connectivity index (χ2n) is 19.7. The zero-order valence-electron chi connectivity index (χ0n) is 44.9. The molecule has 0 fully saturated rings. The number of nitrogens with two attached hydrogens (primary N) is 5. The average Bonchev–Trinajstić information content (AvgIpc) is 3.36. The number of carbonyl (C=O) groups is 9. The number of hydrogen-bond donors (Lipinski definition) is 14. The van der Waals surface area contributed by atoms with E-state index >= 15 is 0 Å². The van der Waals surface area contributed by atoms with Crippen LogP contribution in [0.2, 0.25) is 0 Å². The van der Waals surface area contributed by atoms with Crippen LogP contribution in [-0.2, 0) is 56.0 Å². The van der Waals surface area contributed by atoms with E-state index in [0.29, 0.717) is 36.1 Å². The summed E-state index contributed by atoms with van der Waals surface area (Å²) in [5, 5.41) is 38.3. The molecule has 0 heterocycles. The van der Waals surface area contributed by atoms with Crippen molar-refractivity contribution in [2.75, 3.05) is 25.1 Å². The number of nitrogens with one attached hydrogen (secondary N) is 7. The summed E-state index contributed by atoms with van der Waals surface area (Å²) in [6.45, 7) is 7.54. The third kappa shape index (κ3) is 26.6. The van der Waals surface area contributed by atoms with Crippen molar-refractivity contribution in [3.8, 4) is 5.75 Å². The number of carboxylic acid groups (broad SMARTS) is 1. The number of aliphatic imine (C=N–C) groups is 1. The van der Waals surface area contributed by atoms with Crippen LogP contribution in [0.5, 0.6) is 5.75 Å². The molecule has 0 radical (unpaired) electrons. The van der Waals surface area contributed by atoms with Crippen molar-refractivity contribution in [3.63, 3.8) is 0 Å². The number of aliphatic carboxylic acids is 1. The van der Waals surface area contributed by atoms with Gasteiger partial charge in [-0.2, -0.15) is 11.8 Å². The molecular weight excluding hydrogens is 1010 g/mol. The minimum Gasteiger partial charge on any atom is -0.508 e. The van der Waals surface area contributed by atoms with Gasteiger partial charge in [-0.15, -0.1) is 0 Å². The molecule has 25 heteroatoms. The van der Waals surface area contributed by atoms with Gasteiger partial charge >= 0.3 is 5.97 Å². The number of rotatable bonds is 37. The minimum absolute atomic E-state index is 0.00751. The topological polar surface area (TPSA) is 421 Å². The van der Waals surface area contributed by atoms with Crippen LogP contribution in [0.15, 0.2) is 59.6 Å². The minimum atomic E-state index is -1.47. The SMILES string of the molecule is CSCC[C@H](N)C(=O)N[C@@H](Cc1ccccc1)C(=O)N[C@@H](CCC(N)=O)C(=O)N[C@@H](CCCN=C(N)N)C(=O)N[C@@H](CC(C)C)C(=O)N[C@@H](CC(C)C)C(=O)N[C@@H](CCCCN)C(=O)N[C@@H](Cc1ccc(O)cc1)C(=O)O. The smallest absolute Gasteiger partial charge is 0.326 e. The fourth-order valence-corrected chi connectivity index (χ4v) is 8.40. The lowest BCUT2D eigenvalue weighted by atomic mass is 9.99. The molecule has 0 aromatic heterocycles. The van der Waals surface area contributed by atoms with Gasteiger partial charge in [-0.3, -0.25) is 43.3 Å². The van der Waals surface area contributed by atoms with E-state index in [1.54, 1.807) is 44.2 Å². The summed E-state index contributed by atoms with van der Waals surface area (Å²) < 4.78 is 0. The van der Waals surface area contributed by atoms with E-state index in [4.69, 9.17) is 28.7 Å². The van der Waals surface area contributed by atoms with Crippen LogP contribution in [0.25, 0.3) is 0 Å². The van der Waals surface area contributed by atoms with Gasteiger partial charge in [0.25, 0.3) is 0 Å². The van der Waals surface area contributed by atoms with Crippen molar-refractivity contribution in [2.45, 2.75) is 153 Å². The summed E-state index contributed by atoms with van der Waals surface area (Å²) in [7, 11) is 0. The van der Waals surface area contributed by atoms with Gasteiger partial charge in [0.05, 0.1) is 6.04 Å². The van der Waals surface area contributed by atoms with Crippen LogP contribution in [0.3, 0.4) is 0 Å². The van der Waals surface area contributed by atoms with E-state index in [2.05, 4.69) is 42.2 Å². The van der Waals surface area contributed by atoms with Crippen molar-refractivity contribution < 1.29 is 53.4 Å². The molecule has 0 saturated carbocycles. The van der Waals surface area contributed by atoms with Gasteiger partial charge in [-0.25, -0.2) is 4.79 Å². The van der Waals surface area contributed by atoms with Crippen LogP contribution in [0, 0.1) is 11.8 Å². The Kier molecular flexibility index (Phi) is 30.4. The molecule has 8 atom stereocenters. The van der Waals surface area contributed by atoms with E-state index in [1.807, 2.05) is 20.1 Å². The second kappa shape index (κ2) is 35.4. The molecule has 0 unspecified atom stereocenters. The van der Waals surface area contributed by atoms with Crippen molar-refractivity contribution >= 4 is 70.9 Å². The number of carboxylic acids is 1. The predicted octanol–water partition coefficient (Wildman–Crippen LogP) is -0.724. The molecule has 0 spiro atoms. The number of amides is 8. The molecule has 24 nitrogen and oxygen atoms in total. The highest BCUT2D eigenvalue weighted by Gasteiger charge is 2.35. The number of phenols is 1. The maximum Gasteiger partial charge on any atom is 0.326 e. The number of thioether (sulfide) groups is 1. The fraction of sp³-hybridized carbons (Fsp3) is 0.577. The van der Waals surface area contributed by atoms with Gasteiger partial charge in [-0.05, 0) is 111 Å². The third-order valence-corrected chi connectivity index (χ3v) is 12.7. The lowest BCUT2D eigenvalue weighted by molar-refractivity contribution is -0.142. The molecule has 0 aliphatic carbocycles. The molecule has 0 bridgehead atoms. The van der Waals surface area contributed by atoms with Gasteiger partial charge in [0.2, 0.25) is 47.3 Å². The molecule has 2 aromatic rings. The lowest BCUT2D eigenvalue weighted by Gasteiger charge is -2.29. The molecule has 2 aromatic carbocycles. The van der Waals surface area contributed by atoms with Gasteiger partial charge < -0.3 is 76.1 Å². The van der Waals surface area contributed by atoms with E-state index in [9.17, 15) is 53.4 Å². The Hall–Kier alpha value is -6.99. The van der Waals surface area contributed by atoms with Crippen LogP contribution < -0.4 is 65.9 Å².